The molecular formula is C18H19ClFN3O2. The van der Waals surface area contributed by atoms with Crippen molar-refractivity contribution in [2.45, 2.75) is 6.04 Å². The maximum absolute atomic E-state index is 13.1. The van der Waals surface area contributed by atoms with Crippen molar-refractivity contribution in [1.29, 1.82) is 0 Å². The van der Waals surface area contributed by atoms with Crippen molar-refractivity contribution in [3.8, 4) is 5.75 Å². The predicted octanol–water partition coefficient (Wildman–Crippen LogP) is 2.44. The van der Waals surface area contributed by atoms with Crippen molar-refractivity contribution < 1.29 is 13.9 Å². The molecule has 0 aromatic heterocycles. The summed E-state index contributed by atoms with van der Waals surface area (Å²) in [6, 6.07) is 13.2. The van der Waals surface area contributed by atoms with Crippen LogP contribution in [0.2, 0.25) is 5.02 Å². The lowest BCUT2D eigenvalue weighted by molar-refractivity contribution is -0.125. The summed E-state index contributed by atoms with van der Waals surface area (Å²) in [6.45, 7) is 1.15. The van der Waals surface area contributed by atoms with Crippen LogP contribution in [0.15, 0.2) is 48.5 Å². The van der Waals surface area contributed by atoms with Gasteiger partial charge in [0.25, 0.3) is 0 Å². The van der Waals surface area contributed by atoms with E-state index in [0.717, 1.165) is 5.56 Å². The van der Waals surface area contributed by atoms with Crippen LogP contribution in [0.1, 0.15) is 11.6 Å². The summed E-state index contributed by atoms with van der Waals surface area (Å²) in [5.41, 5.74) is 7.13. The Hall–Kier alpha value is -2.15. The van der Waals surface area contributed by atoms with Crippen LogP contribution in [-0.4, -0.2) is 25.6 Å². The zero-order valence-corrected chi connectivity index (χ0v) is 14.2. The molecule has 2 aromatic rings. The SMILES string of the molecule is O=C(NCCOc1cccc(F)c1)C1CNNC1c1ccc(Cl)cc1. The number of halogens is 2. The molecule has 2 aromatic carbocycles. The number of hydrogen-bond acceptors (Lipinski definition) is 4. The van der Waals surface area contributed by atoms with Crippen LogP contribution >= 0.6 is 11.6 Å². The van der Waals surface area contributed by atoms with Crippen LogP contribution in [0.4, 0.5) is 4.39 Å². The monoisotopic (exact) mass is 363 g/mol. The van der Waals surface area contributed by atoms with Gasteiger partial charge in [-0.1, -0.05) is 29.8 Å². The van der Waals surface area contributed by atoms with E-state index in [1.165, 1.54) is 12.1 Å². The average Bonchev–Trinajstić information content (AvgIpc) is 3.09. The zero-order valence-electron chi connectivity index (χ0n) is 13.5. The number of hydrogen-bond donors (Lipinski definition) is 3. The van der Waals surface area contributed by atoms with Crippen molar-refractivity contribution in [1.82, 2.24) is 16.2 Å². The van der Waals surface area contributed by atoms with Gasteiger partial charge in [-0.15, -0.1) is 0 Å². The highest BCUT2D eigenvalue weighted by atomic mass is 35.5. The molecule has 1 fully saturated rings. The summed E-state index contributed by atoms with van der Waals surface area (Å²) in [5, 5.41) is 3.51. The number of benzene rings is 2. The van der Waals surface area contributed by atoms with Crippen molar-refractivity contribution in [2.24, 2.45) is 5.92 Å². The highest BCUT2D eigenvalue weighted by Crippen LogP contribution is 2.26. The maximum Gasteiger partial charge on any atom is 0.226 e. The molecule has 2 atom stereocenters. The largest absolute Gasteiger partial charge is 0.492 e. The van der Waals surface area contributed by atoms with Gasteiger partial charge in [-0.25, -0.2) is 9.82 Å². The number of ether oxygens (including phenoxy) is 1. The molecule has 132 valence electrons. The van der Waals surface area contributed by atoms with E-state index in [2.05, 4.69) is 16.2 Å². The van der Waals surface area contributed by atoms with E-state index >= 15 is 0 Å². The second-order valence-electron chi connectivity index (χ2n) is 5.76. The van der Waals surface area contributed by atoms with Gasteiger partial charge in [-0.3, -0.25) is 10.2 Å². The van der Waals surface area contributed by atoms with E-state index in [4.69, 9.17) is 16.3 Å². The van der Waals surface area contributed by atoms with Crippen molar-refractivity contribution in [3.05, 3.63) is 64.9 Å². The number of rotatable bonds is 6. The van der Waals surface area contributed by atoms with Crippen molar-refractivity contribution >= 4 is 17.5 Å². The first-order valence-electron chi connectivity index (χ1n) is 8.03. The van der Waals surface area contributed by atoms with Gasteiger partial charge in [0.15, 0.2) is 0 Å². The molecule has 3 rings (SSSR count). The highest BCUT2D eigenvalue weighted by Gasteiger charge is 2.33. The summed E-state index contributed by atoms with van der Waals surface area (Å²) >= 11 is 5.91. The first kappa shape index (κ1) is 17.7. The summed E-state index contributed by atoms with van der Waals surface area (Å²) < 4.78 is 18.5. The van der Waals surface area contributed by atoms with Crippen LogP contribution in [0.25, 0.3) is 0 Å². The molecule has 5 nitrogen and oxygen atoms in total. The Labute approximate surface area is 150 Å². The second kappa shape index (κ2) is 8.29. The van der Waals surface area contributed by atoms with Crippen LogP contribution in [0.3, 0.4) is 0 Å². The Kier molecular flexibility index (Phi) is 5.86. The Bertz CT molecular complexity index is 727. The third-order valence-electron chi connectivity index (χ3n) is 4.01. The van der Waals surface area contributed by atoms with E-state index in [1.54, 1.807) is 24.3 Å². The second-order valence-corrected chi connectivity index (χ2v) is 6.19. The fourth-order valence-electron chi connectivity index (χ4n) is 2.76. The molecule has 1 saturated heterocycles. The molecule has 7 heteroatoms. The minimum absolute atomic E-state index is 0.0692. The van der Waals surface area contributed by atoms with E-state index in [0.29, 0.717) is 23.9 Å². The van der Waals surface area contributed by atoms with E-state index in [-0.39, 0.29) is 30.3 Å². The molecule has 1 aliphatic rings. The molecule has 0 bridgehead atoms. The summed E-state index contributed by atoms with van der Waals surface area (Å²) in [7, 11) is 0. The van der Waals surface area contributed by atoms with Gasteiger partial charge in [-0.05, 0) is 29.8 Å². The number of amides is 1. The molecule has 0 saturated carbocycles. The fraction of sp³-hybridized carbons (Fsp3) is 0.278. The number of carbonyl (C=O) groups excluding carboxylic acids is 1. The minimum atomic E-state index is -0.351. The number of nitrogens with one attached hydrogen (secondary N) is 3. The van der Waals surface area contributed by atoms with Gasteiger partial charge in [0.1, 0.15) is 18.2 Å². The smallest absolute Gasteiger partial charge is 0.226 e. The fourth-order valence-corrected chi connectivity index (χ4v) is 2.88. The highest BCUT2D eigenvalue weighted by molar-refractivity contribution is 6.30. The maximum atomic E-state index is 13.1. The first-order chi connectivity index (χ1) is 12.1. The molecule has 25 heavy (non-hydrogen) atoms. The van der Waals surface area contributed by atoms with Gasteiger partial charge in [-0.2, -0.15) is 0 Å². The van der Waals surface area contributed by atoms with Crippen molar-refractivity contribution in [2.75, 3.05) is 19.7 Å². The normalized spacial score (nSPS) is 19.6. The lowest BCUT2D eigenvalue weighted by atomic mass is 9.94. The van der Waals surface area contributed by atoms with Gasteiger partial charge >= 0.3 is 0 Å². The molecule has 1 heterocycles. The molecule has 1 aliphatic heterocycles. The van der Waals surface area contributed by atoms with Crippen LogP contribution in [0.5, 0.6) is 5.75 Å². The van der Waals surface area contributed by atoms with Gasteiger partial charge in [0.05, 0.1) is 18.5 Å². The van der Waals surface area contributed by atoms with Crippen LogP contribution in [0, 0.1) is 11.7 Å². The quantitative estimate of drug-likeness (QED) is 0.690. The average molecular weight is 364 g/mol. The zero-order chi connectivity index (χ0) is 17.6. The van der Waals surface area contributed by atoms with Crippen LogP contribution in [-0.2, 0) is 4.79 Å². The Balaban J connectivity index is 1.49. The molecular weight excluding hydrogens is 345 g/mol. The number of hydrazine groups is 1. The van der Waals surface area contributed by atoms with Gasteiger partial charge < -0.3 is 10.1 Å². The van der Waals surface area contributed by atoms with Crippen LogP contribution < -0.4 is 20.9 Å². The lowest BCUT2D eigenvalue weighted by Gasteiger charge is -2.18. The third kappa shape index (κ3) is 4.69. The molecule has 2 unspecified atom stereocenters. The molecule has 0 spiro atoms. The first-order valence-corrected chi connectivity index (χ1v) is 8.41. The van der Waals surface area contributed by atoms with Crippen molar-refractivity contribution in [3.63, 3.8) is 0 Å². The van der Waals surface area contributed by atoms with E-state index < -0.39 is 0 Å². The van der Waals surface area contributed by atoms with E-state index in [9.17, 15) is 9.18 Å². The summed E-state index contributed by atoms with van der Waals surface area (Å²) in [6.07, 6.45) is 0. The standard InChI is InChI=1S/C18H19ClFN3O2/c19-13-6-4-12(5-7-13)17-16(11-22-23-17)18(24)21-8-9-25-15-3-1-2-14(20)10-15/h1-7,10,16-17,22-23H,8-9,11H2,(H,21,24). The number of carbonyl (C=O) groups is 1. The van der Waals surface area contributed by atoms with Gasteiger partial charge in [0.2, 0.25) is 5.91 Å². The molecule has 0 aliphatic carbocycles. The Morgan fingerprint density at radius 1 is 1.28 bits per heavy atom. The Morgan fingerprint density at radius 2 is 2.08 bits per heavy atom. The molecule has 0 radical (unpaired) electrons. The predicted molar refractivity (Wildman–Crippen MR) is 93.7 cm³/mol. The third-order valence-corrected chi connectivity index (χ3v) is 4.27. The van der Waals surface area contributed by atoms with Gasteiger partial charge in [0, 0.05) is 17.6 Å². The summed E-state index contributed by atoms with van der Waals surface area (Å²) in [4.78, 5) is 12.4. The Morgan fingerprint density at radius 3 is 2.84 bits per heavy atom. The van der Waals surface area contributed by atoms with E-state index in [1.807, 2.05) is 12.1 Å². The molecule has 3 N–H and O–H groups in total. The lowest BCUT2D eigenvalue weighted by Crippen LogP contribution is -2.37. The molecule has 1 amide bonds. The topological polar surface area (TPSA) is 62.4 Å². The summed E-state index contributed by atoms with van der Waals surface area (Å²) in [5.74, 6) is -0.219. The minimum Gasteiger partial charge on any atom is -0.492 e.